The van der Waals surface area contributed by atoms with E-state index in [2.05, 4.69) is 0 Å². The Hall–Kier alpha value is -2.04. The van der Waals surface area contributed by atoms with Crippen molar-refractivity contribution in [3.8, 4) is 5.75 Å². The predicted octanol–water partition coefficient (Wildman–Crippen LogP) is 2.66. The molecule has 2 aromatic rings. The molecule has 0 aromatic heterocycles. The molecule has 0 aliphatic rings. The SMILES string of the molecule is N[C@H](Cc1ccc(O)cc1)C(=O)OCc1cccc(Cl)c1. The highest BCUT2D eigenvalue weighted by atomic mass is 35.5. The fraction of sp³-hybridized carbons (Fsp3) is 0.188. The molecular formula is C16H16ClNO3. The summed E-state index contributed by atoms with van der Waals surface area (Å²) in [6.45, 7) is 0.142. The summed E-state index contributed by atoms with van der Waals surface area (Å²) < 4.78 is 5.17. The van der Waals surface area contributed by atoms with E-state index in [9.17, 15) is 9.90 Å². The summed E-state index contributed by atoms with van der Waals surface area (Å²) in [5.41, 5.74) is 7.49. The topological polar surface area (TPSA) is 72.5 Å². The van der Waals surface area contributed by atoms with E-state index >= 15 is 0 Å². The van der Waals surface area contributed by atoms with Gasteiger partial charge in [0.05, 0.1) is 0 Å². The molecule has 3 N–H and O–H groups in total. The van der Waals surface area contributed by atoms with Gasteiger partial charge in [0.1, 0.15) is 18.4 Å². The van der Waals surface area contributed by atoms with Crippen molar-refractivity contribution in [1.82, 2.24) is 0 Å². The normalized spacial score (nSPS) is 11.9. The first-order valence-electron chi connectivity index (χ1n) is 6.49. The van der Waals surface area contributed by atoms with Gasteiger partial charge in [-0.3, -0.25) is 4.79 Å². The van der Waals surface area contributed by atoms with Crippen LogP contribution in [0.5, 0.6) is 5.75 Å². The van der Waals surface area contributed by atoms with E-state index in [0.29, 0.717) is 11.4 Å². The highest BCUT2D eigenvalue weighted by Crippen LogP contribution is 2.13. The maximum absolute atomic E-state index is 11.8. The van der Waals surface area contributed by atoms with E-state index in [-0.39, 0.29) is 12.4 Å². The molecule has 1 atom stereocenters. The number of ether oxygens (including phenoxy) is 1. The Morgan fingerprint density at radius 1 is 1.19 bits per heavy atom. The molecule has 0 aliphatic heterocycles. The van der Waals surface area contributed by atoms with E-state index in [1.54, 1.807) is 42.5 Å². The Labute approximate surface area is 128 Å². The molecule has 0 spiro atoms. The molecule has 4 nitrogen and oxygen atoms in total. The summed E-state index contributed by atoms with van der Waals surface area (Å²) in [5.74, 6) is -0.293. The summed E-state index contributed by atoms with van der Waals surface area (Å²) in [5, 5.41) is 9.79. The Kier molecular flexibility index (Phi) is 5.20. The first-order chi connectivity index (χ1) is 10.0. The molecule has 0 saturated carbocycles. The second-order valence-corrected chi connectivity index (χ2v) is 5.15. The van der Waals surface area contributed by atoms with Crippen molar-refractivity contribution in [2.45, 2.75) is 19.1 Å². The van der Waals surface area contributed by atoms with Crippen LogP contribution in [0.2, 0.25) is 5.02 Å². The zero-order chi connectivity index (χ0) is 15.2. The van der Waals surface area contributed by atoms with Crippen LogP contribution >= 0.6 is 11.6 Å². The standard InChI is InChI=1S/C16H16ClNO3/c17-13-3-1-2-12(8-13)10-21-16(20)15(18)9-11-4-6-14(19)7-5-11/h1-8,15,19H,9-10,18H2/t15-/m1/s1. The number of benzene rings is 2. The van der Waals surface area contributed by atoms with Crippen molar-refractivity contribution in [2.75, 3.05) is 0 Å². The molecule has 0 bridgehead atoms. The summed E-state index contributed by atoms with van der Waals surface area (Å²) >= 11 is 5.86. The van der Waals surface area contributed by atoms with Crippen molar-refractivity contribution < 1.29 is 14.6 Å². The minimum atomic E-state index is -0.742. The molecule has 5 heteroatoms. The zero-order valence-electron chi connectivity index (χ0n) is 11.3. The monoisotopic (exact) mass is 305 g/mol. The van der Waals surface area contributed by atoms with Crippen LogP contribution in [0.25, 0.3) is 0 Å². The lowest BCUT2D eigenvalue weighted by Crippen LogP contribution is -2.34. The average molecular weight is 306 g/mol. The number of hydrogen-bond donors (Lipinski definition) is 2. The Balaban J connectivity index is 1.86. The number of rotatable bonds is 5. The lowest BCUT2D eigenvalue weighted by Gasteiger charge is -2.12. The van der Waals surface area contributed by atoms with Gasteiger partial charge in [-0.15, -0.1) is 0 Å². The zero-order valence-corrected chi connectivity index (χ0v) is 12.1. The molecule has 110 valence electrons. The van der Waals surface area contributed by atoms with Gasteiger partial charge in [0.25, 0.3) is 0 Å². The Bertz CT molecular complexity index is 613. The van der Waals surface area contributed by atoms with Crippen LogP contribution in [0.3, 0.4) is 0 Å². The van der Waals surface area contributed by atoms with Gasteiger partial charge in [0.15, 0.2) is 0 Å². The third-order valence-corrected chi connectivity index (χ3v) is 3.20. The maximum atomic E-state index is 11.8. The minimum absolute atomic E-state index is 0.142. The summed E-state index contributed by atoms with van der Waals surface area (Å²) in [6, 6.07) is 12.9. The van der Waals surface area contributed by atoms with Crippen LogP contribution in [0.15, 0.2) is 48.5 Å². The quantitative estimate of drug-likeness (QED) is 0.833. The fourth-order valence-electron chi connectivity index (χ4n) is 1.86. The lowest BCUT2D eigenvalue weighted by atomic mass is 10.1. The molecule has 0 amide bonds. The maximum Gasteiger partial charge on any atom is 0.323 e. The molecule has 0 radical (unpaired) electrons. The van der Waals surface area contributed by atoms with E-state index in [0.717, 1.165) is 11.1 Å². The van der Waals surface area contributed by atoms with Gasteiger partial charge < -0.3 is 15.6 Å². The Morgan fingerprint density at radius 3 is 2.57 bits per heavy atom. The number of carbonyl (C=O) groups excluding carboxylic acids is 1. The van der Waals surface area contributed by atoms with Crippen molar-refractivity contribution in [1.29, 1.82) is 0 Å². The largest absolute Gasteiger partial charge is 0.508 e. The van der Waals surface area contributed by atoms with Crippen LogP contribution in [-0.2, 0) is 22.6 Å². The number of nitrogens with two attached hydrogens (primary N) is 1. The second kappa shape index (κ2) is 7.11. The number of esters is 1. The van der Waals surface area contributed by atoms with Crippen molar-refractivity contribution in [3.05, 3.63) is 64.7 Å². The molecule has 0 fully saturated rings. The smallest absolute Gasteiger partial charge is 0.323 e. The van der Waals surface area contributed by atoms with E-state index < -0.39 is 12.0 Å². The summed E-state index contributed by atoms with van der Waals surface area (Å²) in [7, 11) is 0. The highest BCUT2D eigenvalue weighted by Gasteiger charge is 2.15. The molecule has 2 rings (SSSR count). The second-order valence-electron chi connectivity index (χ2n) is 4.71. The molecular weight excluding hydrogens is 290 g/mol. The first-order valence-corrected chi connectivity index (χ1v) is 6.87. The Morgan fingerprint density at radius 2 is 1.90 bits per heavy atom. The van der Waals surface area contributed by atoms with E-state index in [1.165, 1.54) is 0 Å². The summed E-state index contributed by atoms with van der Waals surface area (Å²) in [4.78, 5) is 11.8. The number of hydrogen-bond acceptors (Lipinski definition) is 4. The van der Waals surface area contributed by atoms with Crippen LogP contribution < -0.4 is 5.73 Å². The van der Waals surface area contributed by atoms with E-state index in [4.69, 9.17) is 22.1 Å². The molecule has 2 aromatic carbocycles. The number of aromatic hydroxyl groups is 1. The van der Waals surface area contributed by atoms with Gasteiger partial charge >= 0.3 is 5.97 Å². The number of phenols is 1. The van der Waals surface area contributed by atoms with Crippen LogP contribution in [0.4, 0.5) is 0 Å². The number of carbonyl (C=O) groups is 1. The van der Waals surface area contributed by atoms with Gasteiger partial charge in [-0.2, -0.15) is 0 Å². The first kappa shape index (κ1) is 15.4. The van der Waals surface area contributed by atoms with Gasteiger partial charge in [-0.1, -0.05) is 35.9 Å². The van der Waals surface area contributed by atoms with Gasteiger partial charge in [-0.25, -0.2) is 0 Å². The van der Waals surface area contributed by atoms with Crippen LogP contribution in [0.1, 0.15) is 11.1 Å². The van der Waals surface area contributed by atoms with Crippen molar-refractivity contribution in [3.63, 3.8) is 0 Å². The fourth-order valence-corrected chi connectivity index (χ4v) is 2.07. The number of phenolic OH excluding ortho intramolecular Hbond substituents is 1. The van der Waals surface area contributed by atoms with Gasteiger partial charge in [0, 0.05) is 5.02 Å². The highest BCUT2D eigenvalue weighted by molar-refractivity contribution is 6.30. The molecule has 0 saturated heterocycles. The molecule has 0 unspecified atom stereocenters. The van der Waals surface area contributed by atoms with Crippen molar-refractivity contribution in [2.24, 2.45) is 5.73 Å². The number of halogens is 1. The predicted molar refractivity (Wildman–Crippen MR) is 81.0 cm³/mol. The third-order valence-electron chi connectivity index (χ3n) is 2.96. The molecule has 21 heavy (non-hydrogen) atoms. The average Bonchev–Trinajstić information content (AvgIpc) is 2.47. The van der Waals surface area contributed by atoms with Gasteiger partial charge in [-0.05, 0) is 41.8 Å². The third kappa shape index (κ3) is 4.77. The summed E-state index contributed by atoms with van der Waals surface area (Å²) in [6.07, 6.45) is 0.356. The van der Waals surface area contributed by atoms with Crippen LogP contribution in [0, 0.1) is 0 Å². The van der Waals surface area contributed by atoms with Crippen molar-refractivity contribution >= 4 is 17.6 Å². The van der Waals surface area contributed by atoms with Gasteiger partial charge in [0.2, 0.25) is 0 Å². The molecule has 0 heterocycles. The van der Waals surface area contributed by atoms with E-state index in [1.807, 2.05) is 6.07 Å². The minimum Gasteiger partial charge on any atom is -0.508 e. The lowest BCUT2D eigenvalue weighted by molar-refractivity contribution is -0.146. The molecule has 0 aliphatic carbocycles. The van der Waals surface area contributed by atoms with Crippen LogP contribution in [-0.4, -0.2) is 17.1 Å².